The van der Waals surface area contributed by atoms with Crippen molar-refractivity contribution < 1.29 is 28.3 Å². The first kappa shape index (κ1) is 37.1. The van der Waals surface area contributed by atoms with Crippen LogP contribution in [0.2, 0.25) is 0 Å². The van der Waals surface area contributed by atoms with Crippen molar-refractivity contribution in [3.63, 3.8) is 0 Å². The molecule has 2 fully saturated rings. The highest BCUT2D eigenvalue weighted by Crippen LogP contribution is 2.45. The van der Waals surface area contributed by atoms with Gasteiger partial charge in [-0.3, -0.25) is 19.2 Å². The summed E-state index contributed by atoms with van der Waals surface area (Å²) in [6, 6.07) is 18.4. The third-order valence-corrected chi connectivity index (χ3v) is 11.4. The normalized spacial score (nSPS) is 24.0. The van der Waals surface area contributed by atoms with Crippen LogP contribution in [0.3, 0.4) is 0 Å². The van der Waals surface area contributed by atoms with Crippen molar-refractivity contribution in [1.29, 1.82) is 0 Å². The minimum absolute atomic E-state index is 0.00668. The van der Waals surface area contributed by atoms with Crippen LogP contribution in [0, 0.1) is 11.8 Å². The van der Waals surface area contributed by atoms with E-state index in [1.54, 1.807) is 14.1 Å². The minimum atomic E-state index is -1.09. The molecule has 284 valence electrons. The number of allylic oxidation sites excluding steroid dienone is 1. The minimum Gasteiger partial charge on any atom is -0.489 e. The number of carbonyl (C=O) groups excluding carboxylic acids is 4. The van der Waals surface area contributed by atoms with Crippen molar-refractivity contribution in [2.75, 3.05) is 33.8 Å². The van der Waals surface area contributed by atoms with Crippen LogP contribution in [-0.4, -0.2) is 83.8 Å². The highest BCUT2D eigenvalue weighted by atomic mass is 16.5. The van der Waals surface area contributed by atoms with Gasteiger partial charge in [0.1, 0.15) is 22.7 Å². The van der Waals surface area contributed by atoms with E-state index in [0.29, 0.717) is 54.1 Å². The number of hydrogen-bond acceptors (Lipinski definition) is 7. The van der Waals surface area contributed by atoms with Crippen molar-refractivity contribution in [3.8, 4) is 17.0 Å². The maximum Gasteiger partial charge on any atom is 0.246 e. The maximum atomic E-state index is 14.4. The highest BCUT2D eigenvalue weighted by Gasteiger charge is 2.60. The molecule has 11 nitrogen and oxygen atoms in total. The molecule has 4 unspecified atom stereocenters. The Balaban J connectivity index is 1.18. The Hall–Kier alpha value is -5.19. The van der Waals surface area contributed by atoms with Gasteiger partial charge in [0.15, 0.2) is 11.3 Å². The number of hydrogen-bond donors (Lipinski definition) is 2. The summed E-state index contributed by atoms with van der Waals surface area (Å²) in [6.45, 7) is 1.49. The largest absolute Gasteiger partial charge is 0.489 e. The van der Waals surface area contributed by atoms with Crippen LogP contribution in [0.15, 0.2) is 77.2 Å². The molecule has 4 amide bonds. The molecule has 3 aliphatic rings. The predicted molar refractivity (Wildman–Crippen MR) is 207 cm³/mol. The lowest BCUT2D eigenvalue weighted by atomic mass is 9.94. The molecular formula is C43H51N5O6. The lowest BCUT2D eigenvalue weighted by Crippen LogP contribution is -2.57. The van der Waals surface area contributed by atoms with Gasteiger partial charge in [0.25, 0.3) is 0 Å². The molecule has 1 saturated carbocycles. The molecule has 2 aliphatic heterocycles. The van der Waals surface area contributed by atoms with Crippen LogP contribution >= 0.6 is 0 Å². The molecule has 2 aromatic carbocycles. The molecule has 4 heterocycles. The second-order valence-corrected chi connectivity index (χ2v) is 15.0. The number of rotatable bonds is 8. The molecule has 4 aromatic rings. The van der Waals surface area contributed by atoms with Gasteiger partial charge in [-0.05, 0) is 57.1 Å². The average molecular weight is 734 g/mol. The van der Waals surface area contributed by atoms with Gasteiger partial charge in [0, 0.05) is 68.9 Å². The number of amides is 4. The summed E-state index contributed by atoms with van der Waals surface area (Å²) < 4.78 is 12.7. The van der Waals surface area contributed by atoms with Crippen LogP contribution < -0.4 is 15.4 Å². The topological polar surface area (TPSA) is 134 Å². The standard InChI is InChI=1S/C43H51N5O6/c1-44-42(52)43-28-31(43)19-11-5-3-4-8-18-30(26-37(49)48-23-14-7-15-24-48)41(51)47(2)34(40(50)46-43)22-25-53-36-27-33(29-16-9-6-10-17-29)45-38-32-20-12-13-21-35(32)54-39(36)38/h6,9-13,16-17,19-21,27,30-31,34H,3-5,7-8,14-15,18,22-26,28H2,1-2H3,(H,44,52)(H,46,50). The van der Waals surface area contributed by atoms with Gasteiger partial charge in [-0.25, -0.2) is 4.98 Å². The summed E-state index contributed by atoms with van der Waals surface area (Å²) in [6.07, 6.45) is 12.0. The smallest absolute Gasteiger partial charge is 0.246 e. The van der Waals surface area contributed by atoms with Gasteiger partial charge in [-0.1, -0.05) is 67.5 Å². The third kappa shape index (κ3) is 7.86. The van der Waals surface area contributed by atoms with Crippen molar-refractivity contribution in [2.45, 2.75) is 82.2 Å². The number of piperidine rings is 1. The van der Waals surface area contributed by atoms with Gasteiger partial charge >= 0.3 is 0 Å². The van der Waals surface area contributed by atoms with Gasteiger partial charge in [-0.15, -0.1) is 0 Å². The highest BCUT2D eigenvalue weighted by molar-refractivity contribution is 6.05. The molecular weight excluding hydrogens is 683 g/mol. The summed E-state index contributed by atoms with van der Waals surface area (Å²) in [7, 11) is 3.21. The summed E-state index contributed by atoms with van der Waals surface area (Å²) in [4.78, 5) is 63.9. The van der Waals surface area contributed by atoms with Crippen LogP contribution in [0.1, 0.15) is 70.6 Å². The molecule has 11 heteroatoms. The molecule has 54 heavy (non-hydrogen) atoms. The maximum absolute atomic E-state index is 14.4. The van der Waals surface area contributed by atoms with Crippen LogP contribution in [0.5, 0.6) is 5.75 Å². The number of nitrogens with zero attached hydrogens (tertiary/aromatic N) is 3. The first-order valence-electron chi connectivity index (χ1n) is 19.5. The number of ether oxygens (including phenoxy) is 1. The van der Waals surface area contributed by atoms with Crippen LogP contribution in [-0.2, 0) is 19.2 Å². The second kappa shape index (κ2) is 16.4. The monoisotopic (exact) mass is 733 g/mol. The Morgan fingerprint density at radius 2 is 1.76 bits per heavy atom. The number of para-hydroxylation sites is 1. The van der Waals surface area contributed by atoms with Gasteiger partial charge in [0.05, 0.1) is 12.3 Å². The Labute approximate surface area is 316 Å². The van der Waals surface area contributed by atoms with Crippen molar-refractivity contribution in [1.82, 2.24) is 25.4 Å². The lowest BCUT2D eigenvalue weighted by molar-refractivity contribution is -0.146. The van der Waals surface area contributed by atoms with E-state index in [-0.39, 0.29) is 43.1 Å². The molecule has 2 N–H and O–H groups in total. The van der Waals surface area contributed by atoms with E-state index >= 15 is 0 Å². The number of likely N-dealkylation sites (tertiary alicyclic amines) is 1. The predicted octanol–water partition coefficient (Wildman–Crippen LogP) is 6.40. The van der Waals surface area contributed by atoms with Crippen LogP contribution in [0.25, 0.3) is 33.3 Å². The third-order valence-electron chi connectivity index (χ3n) is 11.4. The number of benzene rings is 2. The van der Waals surface area contributed by atoms with Crippen molar-refractivity contribution in [2.24, 2.45) is 11.8 Å². The summed E-state index contributed by atoms with van der Waals surface area (Å²) in [5, 5.41) is 6.66. The van der Waals surface area contributed by atoms with E-state index in [1.807, 2.05) is 71.6 Å². The molecule has 1 aliphatic carbocycles. The molecule has 7 rings (SSSR count). The number of carbonyl (C=O) groups is 4. The molecule has 2 aromatic heterocycles. The Bertz CT molecular complexity index is 2020. The first-order valence-corrected chi connectivity index (χ1v) is 19.5. The van der Waals surface area contributed by atoms with E-state index in [2.05, 4.69) is 16.7 Å². The van der Waals surface area contributed by atoms with Gasteiger partial charge in [0.2, 0.25) is 23.6 Å². The molecule has 1 saturated heterocycles. The first-order chi connectivity index (χ1) is 26.3. The zero-order valence-electron chi connectivity index (χ0n) is 31.4. The van der Waals surface area contributed by atoms with E-state index in [4.69, 9.17) is 14.1 Å². The Morgan fingerprint density at radius 1 is 1.00 bits per heavy atom. The average Bonchev–Trinajstić information content (AvgIpc) is 3.77. The van der Waals surface area contributed by atoms with E-state index in [1.165, 1.54) is 4.90 Å². The Kier molecular flexibility index (Phi) is 11.3. The molecule has 0 spiro atoms. The summed E-state index contributed by atoms with van der Waals surface area (Å²) >= 11 is 0. The second-order valence-electron chi connectivity index (χ2n) is 15.0. The number of nitrogens with one attached hydrogen (secondary N) is 2. The quantitative estimate of drug-likeness (QED) is 0.200. The fourth-order valence-corrected chi connectivity index (χ4v) is 8.13. The van der Waals surface area contributed by atoms with E-state index in [0.717, 1.165) is 55.9 Å². The molecule has 0 radical (unpaired) electrons. The summed E-state index contributed by atoms with van der Waals surface area (Å²) in [5.74, 6) is -1.18. The fraction of sp³-hybridized carbons (Fsp3) is 0.465. The van der Waals surface area contributed by atoms with Gasteiger partial charge < -0.3 is 29.6 Å². The van der Waals surface area contributed by atoms with Gasteiger partial charge in [-0.2, -0.15) is 0 Å². The summed E-state index contributed by atoms with van der Waals surface area (Å²) in [5.41, 5.74) is 2.38. The number of fused-ring (bicyclic) bond motifs is 4. The fourth-order valence-electron chi connectivity index (χ4n) is 8.13. The number of aromatic nitrogens is 1. The zero-order chi connectivity index (χ0) is 37.7. The SMILES string of the molecule is CNC(=O)C12CC1C=CCCCCCC(CC(=O)N1CCCCC1)C(=O)N(C)C(CCOc1cc(-c3ccccc3)nc3c1oc1ccccc13)C(=O)N2. The lowest BCUT2D eigenvalue weighted by Gasteiger charge is -2.33. The van der Waals surface area contributed by atoms with Crippen LogP contribution in [0.4, 0.5) is 0 Å². The van der Waals surface area contributed by atoms with E-state index in [9.17, 15) is 19.2 Å². The van der Waals surface area contributed by atoms with Crippen molar-refractivity contribution >= 4 is 45.7 Å². The Morgan fingerprint density at radius 3 is 2.56 bits per heavy atom. The van der Waals surface area contributed by atoms with E-state index < -0.39 is 23.4 Å². The number of furan rings is 1. The zero-order valence-corrected chi connectivity index (χ0v) is 31.4. The number of likely N-dealkylation sites (N-methyl/N-ethyl adjacent to an activating group) is 2. The van der Waals surface area contributed by atoms with Crippen molar-refractivity contribution in [3.05, 3.63) is 72.8 Å². The number of pyridine rings is 1. The molecule has 0 bridgehead atoms. The molecule has 4 atom stereocenters.